The summed E-state index contributed by atoms with van der Waals surface area (Å²) in [5.74, 6) is 5.75. The van der Waals surface area contributed by atoms with E-state index in [0.717, 1.165) is 15.6 Å². The first kappa shape index (κ1) is 21.9. The number of aromatic nitrogens is 2. The molecule has 0 aliphatic heterocycles. The highest BCUT2D eigenvalue weighted by Crippen LogP contribution is 2.24. The Hall–Kier alpha value is -2.82. The quantitative estimate of drug-likeness (QED) is 0.427. The lowest BCUT2D eigenvalue weighted by atomic mass is 10.2. The summed E-state index contributed by atoms with van der Waals surface area (Å²) in [5.41, 5.74) is 2.67. The highest BCUT2D eigenvalue weighted by atomic mass is 32.2. The first-order valence-corrected chi connectivity index (χ1v) is 11.5. The van der Waals surface area contributed by atoms with E-state index in [2.05, 4.69) is 10.3 Å². The molecule has 158 valence electrons. The molecule has 30 heavy (non-hydrogen) atoms. The van der Waals surface area contributed by atoms with Gasteiger partial charge in [-0.1, -0.05) is 48.2 Å². The van der Waals surface area contributed by atoms with Crippen molar-refractivity contribution >= 4 is 33.4 Å². The molecule has 1 heterocycles. The van der Waals surface area contributed by atoms with Crippen LogP contribution >= 0.6 is 11.8 Å². The maximum atomic E-state index is 12.4. The Morgan fingerprint density at radius 1 is 1.20 bits per heavy atom. The molecule has 0 atom stereocenters. The Kier molecular flexibility index (Phi) is 6.49. The fourth-order valence-corrected chi connectivity index (χ4v) is 4.55. The molecule has 0 radical (unpaired) electrons. The molecule has 0 saturated carbocycles. The van der Waals surface area contributed by atoms with Gasteiger partial charge in [-0.25, -0.2) is 22.4 Å². The second-order valence-corrected chi connectivity index (χ2v) is 9.85. The van der Waals surface area contributed by atoms with Crippen molar-refractivity contribution in [2.24, 2.45) is 0 Å². The van der Waals surface area contributed by atoms with Crippen LogP contribution in [0.4, 0.5) is 5.69 Å². The molecule has 3 N–H and O–H groups in total. The monoisotopic (exact) mass is 445 g/mol. The maximum Gasteiger partial charge on any atom is 0.242 e. The van der Waals surface area contributed by atoms with E-state index in [1.54, 1.807) is 25.3 Å². The summed E-state index contributed by atoms with van der Waals surface area (Å²) in [6.45, 7) is 1.71. The van der Waals surface area contributed by atoms with Crippen molar-refractivity contribution in [3.8, 4) is 11.3 Å². The van der Waals surface area contributed by atoms with E-state index < -0.39 is 10.0 Å². The molecule has 0 spiro atoms. The predicted molar refractivity (Wildman–Crippen MR) is 119 cm³/mol. The number of hydrogen-bond acceptors (Lipinski definition) is 6. The van der Waals surface area contributed by atoms with Crippen LogP contribution < -0.4 is 11.2 Å². The lowest BCUT2D eigenvalue weighted by Crippen LogP contribution is -2.23. The highest BCUT2D eigenvalue weighted by molar-refractivity contribution is 7.99. The van der Waals surface area contributed by atoms with E-state index in [1.165, 1.54) is 36.6 Å². The zero-order chi connectivity index (χ0) is 21.9. The molecule has 1 amide bonds. The van der Waals surface area contributed by atoms with Crippen molar-refractivity contribution in [3.05, 3.63) is 60.3 Å². The van der Waals surface area contributed by atoms with Gasteiger partial charge < -0.3 is 11.2 Å². The molecule has 3 rings (SSSR count). The Morgan fingerprint density at radius 3 is 2.57 bits per heavy atom. The number of anilines is 1. The molecule has 0 bridgehead atoms. The molecule has 0 saturated heterocycles. The number of nitrogen functional groups attached to an aromatic ring is 1. The zero-order valence-corrected chi connectivity index (χ0v) is 18.5. The summed E-state index contributed by atoms with van der Waals surface area (Å²) in [6.07, 6.45) is 1.70. The van der Waals surface area contributed by atoms with Gasteiger partial charge in [0.05, 0.1) is 22.5 Å². The molecule has 1 aromatic heterocycles. The number of rotatable bonds is 7. The van der Waals surface area contributed by atoms with Crippen molar-refractivity contribution in [2.75, 3.05) is 31.0 Å². The highest BCUT2D eigenvalue weighted by Gasteiger charge is 2.20. The van der Waals surface area contributed by atoms with Gasteiger partial charge in [0.25, 0.3) is 0 Å². The van der Waals surface area contributed by atoms with E-state index in [0.29, 0.717) is 16.4 Å². The molecule has 8 nitrogen and oxygen atoms in total. The van der Waals surface area contributed by atoms with Crippen LogP contribution in [0.3, 0.4) is 0 Å². The summed E-state index contributed by atoms with van der Waals surface area (Å²) in [5, 5.41) is 3.23. The number of sulfonamides is 1. The number of nitrogens with zero attached hydrogens (tertiary/aromatic N) is 3. The lowest BCUT2D eigenvalue weighted by Gasteiger charge is -2.15. The summed E-state index contributed by atoms with van der Waals surface area (Å²) < 4.78 is 27.4. The van der Waals surface area contributed by atoms with Crippen molar-refractivity contribution in [2.45, 2.75) is 17.0 Å². The van der Waals surface area contributed by atoms with Crippen LogP contribution in [0.5, 0.6) is 0 Å². The van der Waals surface area contributed by atoms with Gasteiger partial charge in [-0.15, -0.1) is 0 Å². The first-order valence-electron chi connectivity index (χ1n) is 9.04. The third-order valence-electron chi connectivity index (χ3n) is 4.33. The van der Waals surface area contributed by atoms with Crippen LogP contribution in [0.2, 0.25) is 0 Å². The molecule has 0 aliphatic rings. The van der Waals surface area contributed by atoms with Crippen LogP contribution in [0.1, 0.15) is 5.56 Å². The number of carbonyl (C=O) groups is 1. The third-order valence-corrected chi connectivity index (χ3v) is 7.25. The van der Waals surface area contributed by atoms with Crippen LogP contribution in [-0.4, -0.2) is 48.1 Å². The van der Waals surface area contributed by atoms with E-state index >= 15 is 0 Å². The van der Waals surface area contributed by atoms with Gasteiger partial charge in [-0.2, -0.15) is 0 Å². The molecular formula is C20H23N5O3S2. The molecule has 10 heteroatoms. The van der Waals surface area contributed by atoms with Crippen molar-refractivity contribution in [1.29, 1.82) is 0 Å². The van der Waals surface area contributed by atoms with Gasteiger partial charge in [-0.3, -0.25) is 4.79 Å². The number of imidazole rings is 1. The molecular weight excluding hydrogens is 422 g/mol. The summed E-state index contributed by atoms with van der Waals surface area (Å²) in [6, 6.07) is 14.4. The van der Waals surface area contributed by atoms with E-state index in [-0.39, 0.29) is 16.6 Å². The van der Waals surface area contributed by atoms with Gasteiger partial charge in [0, 0.05) is 25.3 Å². The van der Waals surface area contributed by atoms with Crippen LogP contribution in [-0.2, 0) is 14.8 Å². The van der Waals surface area contributed by atoms with E-state index in [9.17, 15) is 13.2 Å². The Balaban J connectivity index is 1.68. The third kappa shape index (κ3) is 4.84. The Labute approximate surface area is 180 Å². The lowest BCUT2D eigenvalue weighted by molar-refractivity contribution is -0.113. The molecule has 0 unspecified atom stereocenters. The minimum atomic E-state index is -3.60. The fraction of sp³-hybridized carbons (Fsp3) is 0.200. The number of nitrogens with two attached hydrogens (primary N) is 1. The summed E-state index contributed by atoms with van der Waals surface area (Å²) >= 11 is 1.20. The number of nitrogens with one attached hydrogen (secondary N) is 1. The smallest absolute Gasteiger partial charge is 0.242 e. The van der Waals surface area contributed by atoms with E-state index in [1.807, 2.05) is 30.3 Å². The second-order valence-electron chi connectivity index (χ2n) is 6.79. The zero-order valence-electron chi connectivity index (χ0n) is 16.9. The van der Waals surface area contributed by atoms with Gasteiger partial charge in [0.15, 0.2) is 5.16 Å². The Bertz CT molecular complexity index is 1160. The minimum absolute atomic E-state index is 0.0755. The van der Waals surface area contributed by atoms with Gasteiger partial charge in [0.1, 0.15) is 0 Å². The molecule has 2 aromatic carbocycles. The number of benzene rings is 2. The first-order chi connectivity index (χ1) is 14.2. The molecule has 0 aliphatic carbocycles. The number of hydrogen-bond donors (Lipinski definition) is 2. The van der Waals surface area contributed by atoms with Crippen molar-refractivity contribution in [3.63, 3.8) is 0 Å². The largest absolute Gasteiger partial charge is 0.337 e. The SMILES string of the molecule is Cc1ccc(NC(=O)CSc2nc(-c3ccccc3)cn2N)cc1S(=O)(=O)N(C)C. The van der Waals surface area contributed by atoms with Gasteiger partial charge in [0.2, 0.25) is 15.9 Å². The number of aryl methyl sites for hydroxylation is 1. The second kappa shape index (κ2) is 8.90. The summed E-state index contributed by atoms with van der Waals surface area (Å²) in [7, 11) is -0.668. The van der Waals surface area contributed by atoms with Crippen LogP contribution in [0.15, 0.2) is 64.8 Å². The van der Waals surface area contributed by atoms with Crippen molar-refractivity contribution < 1.29 is 13.2 Å². The number of carbonyl (C=O) groups excluding carboxylic acids is 1. The minimum Gasteiger partial charge on any atom is -0.337 e. The van der Waals surface area contributed by atoms with Gasteiger partial charge >= 0.3 is 0 Å². The normalized spacial score (nSPS) is 11.6. The van der Waals surface area contributed by atoms with E-state index in [4.69, 9.17) is 5.84 Å². The van der Waals surface area contributed by atoms with Crippen molar-refractivity contribution in [1.82, 2.24) is 14.0 Å². The average Bonchev–Trinajstić information content (AvgIpc) is 3.09. The Morgan fingerprint density at radius 2 is 1.90 bits per heavy atom. The van der Waals surface area contributed by atoms with Crippen LogP contribution in [0, 0.1) is 6.92 Å². The standard InChI is InChI=1S/C20H23N5O3S2/c1-14-9-10-16(11-18(14)30(27,28)24(2)3)22-19(26)13-29-20-23-17(12-25(20)21)15-7-5-4-6-8-15/h4-12H,13,21H2,1-3H3,(H,22,26). The molecule has 3 aromatic rings. The maximum absolute atomic E-state index is 12.4. The van der Waals surface area contributed by atoms with Crippen LogP contribution in [0.25, 0.3) is 11.3 Å². The summed E-state index contributed by atoms with van der Waals surface area (Å²) in [4.78, 5) is 17.0. The van der Waals surface area contributed by atoms with Gasteiger partial charge in [-0.05, 0) is 24.6 Å². The molecule has 0 fully saturated rings. The predicted octanol–water partition coefficient (Wildman–Crippen LogP) is 2.55. The number of amides is 1. The number of thioether (sulfide) groups is 1. The average molecular weight is 446 g/mol. The topological polar surface area (TPSA) is 110 Å². The fourth-order valence-electron chi connectivity index (χ4n) is 2.71.